The second-order valence-corrected chi connectivity index (χ2v) is 6.00. The number of benzene rings is 1. The topological polar surface area (TPSA) is 132 Å². The molecule has 0 radical (unpaired) electrons. The number of nitro groups is 1. The van der Waals surface area contributed by atoms with E-state index in [2.05, 4.69) is 9.97 Å². The van der Waals surface area contributed by atoms with Gasteiger partial charge in [0, 0.05) is 24.7 Å². The van der Waals surface area contributed by atoms with Gasteiger partial charge in [0.25, 0.3) is 5.69 Å². The van der Waals surface area contributed by atoms with E-state index < -0.39 is 16.0 Å². The zero-order valence-corrected chi connectivity index (χ0v) is 14.2. The first-order chi connectivity index (χ1) is 11.5. The molecule has 3 rings (SSSR count). The quantitative estimate of drug-likeness (QED) is 0.416. The number of halogens is 1. The molecular weight excluding hydrogens is 352 g/mol. The molecule has 0 amide bonds. The van der Waals surface area contributed by atoms with Crippen molar-refractivity contribution in [2.45, 2.75) is 31.8 Å². The van der Waals surface area contributed by atoms with Crippen LogP contribution in [0.4, 0.5) is 5.69 Å². The number of nitro benzene ring substituents is 1. The summed E-state index contributed by atoms with van der Waals surface area (Å²) in [4.78, 5) is 40.7. The van der Waals surface area contributed by atoms with Crippen LogP contribution in [-0.2, 0) is 6.54 Å². The van der Waals surface area contributed by atoms with Gasteiger partial charge in [-0.25, -0.2) is 0 Å². The van der Waals surface area contributed by atoms with Crippen molar-refractivity contribution < 1.29 is 10.0 Å². The number of nitrogens with zero attached hydrogens (tertiary/aromatic N) is 2. The minimum Gasteiger partial charge on any atom is -0.395 e. The molecule has 1 fully saturated rings. The number of aromatic amines is 2. The predicted octanol–water partition coefficient (Wildman–Crippen LogP) is 0.893. The smallest absolute Gasteiger partial charge is 0.314 e. The van der Waals surface area contributed by atoms with Crippen LogP contribution in [0.15, 0.2) is 21.7 Å². The maximum absolute atomic E-state index is 11.6. The van der Waals surface area contributed by atoms with Gasteiger partial charge in [0.15, 0.2) is 0 Å². The Balaban J connectivity index is 0.00000225. The Morgan fingerprint density at radius 2 is 1.96 bits per heavy atom. The highest BCUT2D eigenvalue weighted by Gasteiger charge is 2.23. The Morgan fingerprint density at radius 1 is 1.24 bits per heavy atom. The third kappa shape index (κ3) is 3.89. The van der Waals surface area contributed by atoms with Gasteiger partial charge in [-0.3, -0.25) is 24.6 Å². The Morgan fingerprint density at radius 3 is 2.64 bits per heavy atom. The van der Waals surface area contributed by atoms with Gasteiger partial charge >= 0.3 is 11.1 Å². The van der Waals surface area contributed by atoms with E-state index in [1.54, 1.807) is 0 Å². The average molecular weight is 371 g/mol. The van der Waals surface area contributed by atoms with Crippen LogP contribution in [0.1, 0.15) is 24.8 Å². The summed E-state index contributed by atoms with van der Waals surface area (Å²) < 4.78 is 0. The van der Waals surface area contributed by atoms with Gasteiger partial charge in [-0.05, 0) is 24.9 Å². The van der Waals surface area contributed by atoms with Gasteiger partial charge in [0.1, 0.15) is 0 Å². The number of piperidine rings is 1. The summed E-state index contributed by atoms with van der Waals surface area (Å²) >= 11 is 0. The summed E-state index contributed by atoms with van der Waals surface area (Å²) in [5.41, 5.74) is -0.644. The fourth-order valence-corrected chi connectivity index (χ4v) is 3.20. The van der Waals surface area contributed by atoms with Gasteiger partial charge in [0.2, 0.25) is 0 Å². The molecule has 1 aromatic carbocycles. The van der Waals surface area contributed by atoms with E-state index in [0.29, 0.717) is 17.6 Å². The first-order valence-corrected chi connectivity index (χ1v) is 7.78. The van der Waals surface area contributed by atoms with E-state index in [0.717, 1.165) is 25.8 Å². The number of nitrogens with one attached hydrogen (secondary N) is 2. The average Bonchev–Trinajstić information content (AvgIpc) is 2.56. The number of aliphatic hydroxyl groups excluding tert-OH is 1. The molecule has 25 heavy (non-hydrogen) atoms. The van der Waals surface area contributed by atoms with Crippen LogP contribution in [0.25, 0.3) is 11.0 Å². The van der Waals surface area contributed by atoms with Gasteiger partial charge < -0.3 is 15.1 Å². The van der Waals surface area contributed by atoms with Crippen molar-refractivity contribution in [1.82, 2.24) is 14.9 Å². The van der Waals surface area contributed by atoms with Crippen LogP contribution < -0.4 is 11.1 Å². The summed E-state index contributed by atoms with van der Waals surface area (Å²) in [6.45, 7) is 1.13. The van der Waals surface area contributed by atoms with E-state index in [1.165, 1.54) is 12.1 Å². The lowest BCUT2D eigenvalue weighted by molar-refractivity contribution is -0.384. The Kier molecular flexibility index (Phi) is 5.93. The monoisotopic (exact) mass is 370 g/mol. The Labute approximate surface area is 148 Å². The number of non-ortho nitro benzene ring substituents is 1. The number of hydrogen-bond donors (Lipinski definition) is 3. The van der Waals surface area contributed by atoms with E-state index in [1.807, 2.05) is 4.90 Å². The second kappa shape index (κ2) is 7.77. The molecule has 1 aliphatic heterocycles. The highest BCUT2D eigenvalue weighted by Crippen LogP contribution is 2.25. The first kappa shape index (κ1) is 19.1. The fourth-order valence-electron chi connectivity index (χ4n) is 3.20. The molecule has 1 unspecified atom stereocenters. The van der Waals surface area contributed by atoms with Crippen molar-refractivity contribution in [1.29, 1.82) is 0 Å². The van der Waals surface area contributed by atoms with Crippen molar-refractivity contribution in [2.24, 2.45) is 0 Å². The van der Waals surface area contributed by atoms with E-state index in [9.17, 15) is 24.8 Å². The largest absolute Gasteiger partial charge is 0.395 e. The Bertz CT molecular complexity index is 894. The second-order valence-electron chi connectivity index (χ2n) is 6.00. The van der Waals surface area contributed by atoms with Crippen molar-refractivity contribution in [3.8, 4) is 0 Å². The minimum atomic E-state index is -0.847. The zero-order valence-electron chi connectivity index (χ0n) is 13.4. The third-order valence-electron chi connectivity index (χ3n) is 4.44. The number of aliphatic hydroxyl groups is 1. The maximum atomic E-state index is 11.6. The summed E-state index contributed by atoms with van der Waals surface area (Å²) in [6, 6.07) is 2.62. The van der Waals surface area contributed by atoms with Gasteiger partial charge in [-0.2, -0.15) is 0 Å². The molecule has 10 heteroatoms. The predicted molar refractivity (Wildman–Crippen MR) is 94.2 cm³/mol. The number of fused-ring (bicyclic) bond motifs is 1. The van der Waals surface area contributed by atoms with Crippen LogP contribution in [-0.4, -0.2) is 44.1 Å². The summed E-state index contributed by atoms with van der Waals surface area (Å²) in [5.74, 6) is 0. The van der Waals surface area contributed by atoms with Crippen LogP contribution in [0.3, 0.4) is 0 Å². The first-order valence-electron chi connectivity index (χ1n) is 7.78. The highest BCUT2D eigenvalue weighted by molar-refractivity contribution is 5.85. The van der Waals surface area contributed by atoms with E-state index in [4.69, 9.17) is 0 Å². The molecule has 1 aromatic heterocycles. The summed E-state index contributed by atoms with van der Waals surface area (Å²) in [7, 11) is 0. The normalized spacial score (nSPS) is 18.0. The molecule has 2 aromatic rings. The fraction of sp³-hybridized carbons (Fsp3) is 0.467. The number of rotatable bonds is 4. The molecule has 1 aliphatic rings. The van der Waals surface area contributed by atoms with E-state index in [-0.39, 0.29) is 36.3 Å². The molecule has 9 nitrogen and oxygen atoms in total. The summed E-state index contributed by atoms with van der Waals surface area (Å²) in [6.07, 6.45) is 2.87. The number of aromatic nitrogens is 2. The van der Waals surface area contributed by atoms with E-state index >= 15 is 0 Å². The number of H-pyrrole nitrogens is 2. The molecule has 3 N–H and O–H groups in total. The van der Waals surface area contributed by atoms with Gasteiger partial charge in [0.05, 0.1) is 22.6 Å². The van der Waals surface area contributed by atoms with Crippen molar-refractivity contribution in [2.75, 3.05) is 13.2 Å². The highest BCUT2D eigenvalue weighted by atomic mass is 35.5. The molecule has 1 atom stereocenters. The zero-order chi connectivity index (χ0) is 17.3. The summed E-state index contributed by atoms with van der Waals surface area (Å²) in [5, 5.41) is 20.7. The van der Waals surface area contributed by atoms with Crippen molar-refractivity contribution in [3.63, 3.8) is 0 Å². The van der Waals surface area contributed by atoms with Crippen LogP contribution >= 0.6 is 12.4 Å². The third-order valence-corrected chi connectivity index (χ3v) is 4.44. The molecule has 0 saturated carbocycles. The lowest BCUT2D eigenvalue weighted by Gasteiger charge is -2.34. The minimum absolute atomic E-state index is 0. The van der Waals surface area contributed by atoms with Crippen LogP contribution in [0.2, 0.25) is 0 Å². The van der Waals surface area contributed by atoms with Crippen LogP contribution in [0.5, 0.6) is 0 Å². The molecule has 0 bridgehead atoms. The van der Waals surface area contributed by atoms with Crippen molar-refractivity contribution >= 4 is 29.1 Å². The standard InChI is InChI=1S/C15H18N4O5.ClH/c20-8-10-3-1-2-4-18(10)7-9-5-11(19(23)24)6-12-13(9)17-15(22)14(21)16-12;/h5-6,10,20H,1-4,7-8H2,(H,16,21)(H,17,22);1H. The van der Waals surface area contributed by atoms with Gasteiger partial charge in [-0.1, -0.05) is 6.42 Å². The molecule has 136 valence electrons. The Hall–Kier alpha value is -2.23. The molecular formula is C15H19ClN4O5. The molecule has 2 heterocycles. The van der Waals surface area contributed by atoms with Crippen molar-refractivity contribution in [3.05, 3.63) is 48.5 Å². The molecule has 0 aliphatic carbocycles. The molecule has 0 spiro atoms. The maximum Gasteiger partial charge on any atom is 0.314 e. The molecule has 1 saturated heterocycles. The number of hydrogen-bond acceptors (Lipinski definition) is 6. The lowest BCUT2D eigenvalue weighted by atomic mass is 10.0. The number of likely N-dealkylation sites (tertiary alicyclic amines) is 1. The SMILES string of the molecule is Cl.O=c1[nH]c2cc([N+](=O)[O-])cc(CN3CCCCC3CO)c2[nH]c1=O. The lowest BCUT2D eigenvalue weighted by Crippen LogP contribution is -2.41. The van der Waals surface area contributed by atoms with Gasteiger partial charge in [-0.15, -0.1) is 12.4 Å². The van der Waals surface area contributed by atoms with Crippen LogP contribution in [0, 0.1) is 10.1 Å².